The second kappa shape index (κ2) is 6.58. The number of benzene rings is 1. The van der Waals surface area contributed by atoms with E-state index in [0.29, 0.717) is 10.0 Å². The van der Waals surface area contributed by atoms with Gasteiger partial charge in [-0.2, -0.15) is 8.78 Å². The van der Waals surface area contributed by atoms with Crippen LogP contribution in [0.25, 0.3) is 0 Å². The zero-order chi connectivity index (χ0) is 14.5. The molecule has 1 aromatic heterocycles. The SMILES string of the molecule is O=C(OCc1nnsc1Cl)c1ccccc1OC(F)F. The lowest BCUT2D eigenvalue weighted by Crippen LogP contribution is -2.10. The Morgan fingerprint density at radius 3 is 2.80 bits per heavy atom. The second-order valence-corrected chi connectivity index (χ2v) is 4.80. The van der Waals surface area contributed by atoms with Crippen molar-refractivity contribution in [3.05, 3.63) is 39.9 Å². The lowest BCUT2D eigenvalue weighted by Gasteiger charge is -2.09. The van der Waals surface area contributed by atoms with Gasteiger partial charge in [-0.15, -0.1) is 5.10 Å². The molecule has 0 saturated carbocycles. The first kappa shape index (κ1) is 14.6. The molecule has 5 nitrogen and oxygen atoms in total. The number of hydrogen-bond donors (Lipinski definition) is 0. The molecule has 2 aromatic rings. The lowest BCUT2D eigenvalue weighted by atomic mass is 10.2. The number of para-hydroxylation sites is 1. The van der Waals surface area contributed by atoms with Crippen LogP contribution in [0, 0.1) is 0 Å². The summed E-state index contributed by atoms with van der Waals surface area (Å²) < 4.78 is 37.5. The van der Waals surface area contributed by atoms with E-state index in [9.17, 15) is 13.6 Å². The smallest absolute Gasteiger partial charge is 0.387 e. The maximum absolute atomic E-state index is 12.2. The highest BCUT2D eigenvalue weighted by Crippen LogP contribution is 2.23. The average Bonchev–Trinajstić information content (AvgIpc) is 2.81. The van der Waals surface area contributed by atoms with Crippen LogP contribution < -0.4 is 4.74 Å². The number of aromatic nitrogens is 2. The van der Waals surface area contributed by atoms with Crippen LogP contribution >= 0.6 is 23.1 Å². The van der Waals surface area contributed by atoms with E-state index in [-0.39, 0.29) is 17.9 Å². The van der Waals surface area contributed by atoms with E-state index in [1.165, 1.54) is 24.3 Å². The molecule has 1 heterocycles. The van der Waals surface area contributed by atoms with Gasteiger partial charge in [0.15, 0.2) is 0 Å². The number of rotatable bonds is 5. The number of carbonyl (C=O) groups is 1. The molecule has 1 aromatic carbocycles. The van der Waals surface area contributed by atoms with E-state index in [4.69, 9.17) is 16.3 Å². The lowest BCUT2D eigenvalue weighted by molar-refractivity contribution is -0.0505. The van der Waals surface area contributed by atoms with Crippen LogP contribution in [0.3, 0.4) is 0 Å². The van der Waals surface area contributed by atoms with E-state index in [1.54, 1.807) is 0 Å². The Labute approximate surface area is 121 Å². The molecule has 0 N–H and O–H groups in total. The van der Waals surface area contributed by atoms with Crippen molar-refractivity contribution in [1.82, 2.24) is 9.59 Å². The van der Waals surface area contributed by atoms with Crippen LogP contribution in [0.1, 0.15) is 16.1 Å². The summed E-state index contributed by atoms with van der Waals surface area (Å²) in [5.74, 6) is -1.07. The van der Waals surface area contributed by atoms with Gasteiger partial charge in [-0.3, -0.25) is 0 Å². The van der Waals surface area contributed by atoms with Crippen LogP contribution in [-0.4, -0.2) is 22.2 Å². The highest BCUT2D eigenvalue weighted by Gasteiger charge is 2.17. The van der Waals surface area contributed by atoms with Gasteiger partial charge in [0.1, 0.15) is 28.0 Å². The molecule has 0 fully saturated rings. The Balaban J connectivity index is 2.07. The molecule has 106 valence electrons. The third-order valence-corrected chi connectivity index (χ3v) is 3.16. The number of alkyl halides is 2. The van der Waals surface area contributed by atoms with Crippen LogP contribution in [0.2, 0.25) is 4.34 Å². The number of esters is 1. The molecule has 0 unspecified atom stereocenters. The van der Waals surface area contributed by atoms with E-state index >= 15 is 0 Å². The third kappa shape index (κ3) is 3.61. The van der Waals surface area contributed by atoms with Gasteiger partial charge in [0.25, 0.3) is 0 Å². The molecule has 0 bridgehead atoms. The fourth-order valence-corrected chi connectivity index (χ4v) is 1.93. The van der Waals surface area contributed by atoms with Crippen molar-refractivity contribution in [2.24, 2.45) is 0 Å². The van der Waals surface area contributed by atoms with Gasteiger partial charge in [0, 0.05) is 11.5 Å². The molecular formula is C11H7ClF2N2O3S. The van der Waals surface area contributed by atoms with Crippen molar-refractivity contribution in [3.63, 3.8) is 0 Å². The van der Waals surface area contributed by atoms with E-state index in [1.807, 2.05) is 0 Å². The number of nitrogens with zero attached hydrogens (tertiary/aromatic N) is 2. The second-order valence-electron chi connectivity index (χ2n) is 3.44. The van der Waals surface area contributed by atoms with E-state index in [0.717, 1.165) is 11.5 Å². The molecule has 0 spiro atoms. The molecule has 0 aliphatic carbocycles. The molecular weight excluding hydrogens is 314 g/mol. The van der Waals surface area contributed by atoms with Gasteiger partial charge in [-0.25, -0.2) is 4.79 Å². The molecule has 0 saturated heterocycles. The average molecular weight is 321 g/mol. The largest absolute Gasteiger partial charge is 0.455 e. The summed E-state index contributed by atoms with van der Waals surface area (Å²) in [7, 11) is 0. The number of hydrogen-bond acceptors (Lipinski definition) is 6. The minimum absolute atomic E-state index is 0.105. The highest BCUT2D eigenvalue weighted by atomic mass is 35.5. The van der Waals surface area contributed by atoms with Crippen molar-refractivity contribution in [2.45, 2.75) is 13.2 Å². The Morgan fingerprint density at radius 1 is 1.40 bits per heavy atom. The first-order valence-corrected chi connectivity index (χ1v) is 6.40. The van der Waals surface area contributed by atoms with Crippen molar-refractivity contribution >= 4 is 29.1 Å². The predicted molar refractivity (Wildman–Crippen MR) is 67.1 cm³/mol. The van der Waals surface area contributed by atoms with Crippen molar-refractivity contribution in [2.75, 3.05) is 0 Å². The van der Waals surface area contributed by atoms with Crippen LogP contribution in [0.5, 0.6) is 5.75 Å². The minimum Gasteiger partial charge on any atom is -0.455 e. The summed E-state index contributed by atoms with van der Waals surface area (Å²) in [5, 5.41) is 3.66. The summed E-state index contributed by atoms with van der Waals surface area (Å²) in [5.41, 5.74) is 0.199. The van der Waals surface area contributed by atoms with Crippen LogP contribution in [0.15, 0.2) is 24.3 Å². The minimum atomic E-state index is -3.03. The van der Waals surface area contributed by atoms with Gasteiger partial charge < -0.3 is 9.47 Å². The summed E-state index contributed by atoms with van der Waals surface area (Å²) in [6.45, 7) is -3.22. The van der Waals surface area contributed by atoms with Gasteiger partial charge >= 0.3 is 12.6 Å². The van der Waals surface area contributed by atoms with Gasteiger partial charge in [0.2, 0.25) is 0 Å². The fraction of sp³-hybridized carbons (Fsp3) is 0.182. The van der Waals surface area contributed by atoms with Gasteiger partial charge in [-0.05, 0) is 12.1 Å². The predicted octanol–water partition coefficient (Wildman–Crippen LogP) is 3.15. The normalized spacial score (nSPS) is 10.6. The first-order chi connectivity index (χ1) is 9.58. The Morgan fingerprint density at radius 2 is 2.15 bits per heavy atom. The van der Waals surface area contributed by atoms with E-state index < -0.39 is 12.6 Å². The molecule has 9 heteroatoms. The monoisotopic (exact) mass is 320 g/mol. The standard InChI is InChI=1S/C11H7ClF2N2O3S/c12-9-7(15-16-20-9)5-18-10(17)6-3-1-2-4-8(6)19-11(13)14/h1-4,11H,5H2. The summed E-state index contributed by atoms with van der Waals surface area (Å²) in [6.07, 6.45) is 0. The Kier molecular flexibility index (Phi) is 4.80. The quantitative estimate of drug-likeness (QED) is 0.792. The van der Waals surface area contributed by atoms with Crippen molar-refractivity contribution in [3.8, 4) is 5.75 Å². The van der Waals surface area contributed by atoms with Gasteiger partial charge in [0.05, 0.1) is 0 Å². The molecule has 2 rings (SSSR count). The zero-order valence-corrected chi connectivity index (χ0v) is 11.3. The summed E-state index contributed by atoms with van der Waals surface area (Å²) >= 11 is 6.70. The number of ether oxygens (including phenoxy) is 2. The molecule has 0 amide bonds. The van der Waals surface area contributed by atoms with Crippen LogP contribution in [-0.2, 0) is 11.3 Å². The van der Waals surface area contributed by atoms with Crippen molar-refractivity contribution < 1.29 is 23.0 Å². The third-order valence-electron chi connectivity index (χ3n) is 2.17. The summed E-state index contributed by atoms with van der Waals surface area (Å²) in [6, 6.07) is 5.54. The number of carbonyl (C=O) groups excluding carboxylic acids is 1. The molecule has 0 atom stereocenters. The maximum atomic E-state index is 12.2. The topological polar surface area (TPSA) is 61.3 Å². The molecule has 0 radical (unpaired) electrons. The summed E-state index contributed by atoms with van der Waals surface area (Å²) in [4.78, 5) is 11.8. The van der Waals surface area contributed by atoms with E-state index in [2.05, 4.69) is 14.3 Å². The molecule has 0 aliphatic rings. The Hall–Kier alpha value is -1.80. The molecule has 0 aliphatic heterocycles. The van der Waals surface area contributed by atoms with Crippen LogP contribution in [0.4, 0.5) is 8.78 Å². The Bertz CT molecular complexity index is 609. The number of halogens is 3. The zero-order valence-electron chi connectivity index (χ0n) is 9.76. The van der Waals surface area contributed by atoms with Crippen molar-refractivity contribution in [1.29, 1.82) is 0 Å². The highest BCUT2D eigenvalue weighted by molar-refractivity contribution is 7.10. The molecule has 20 heavy (non-hydrogen) atoms. The fourth-order valence-electron chi connectivity index (χ4n) is 1.33. The first-order valence-electron chi connectivity index (χ1n) is 5.25. The van der Waals surface area contributed by atoms with Gasteiger partial charge in [-0.1, -0.05) is 28.2 Å². The maximum Gasteiger partial charge on any atom is 0.387 e.